The first-order valence-corrected chi connectivity index (χ1v) is 5.91. The molecule has 1 aliphatic rings. The van der Waals surface area contributed by atoms with E-state index >= 15 is 0 Å². The van der Waals surface area contributed by atoms with E-state index in [2.05, 4.69) is 5.32 Å². The molecule has 16 heavy (non-hydrogen) atoms. The summed E-state index contributed by atoms with van der Waals surface area (Å²) in [7, 11) is 0. The molecule has 0 bridgehead atoms. The summed E-state index contributed by atoms with van der Waals surface area (Å²) in [6.07, 6.45) is 2.16. The zero-order valence-corrected chi connectivity index (χ0v) is 9.67. The van der Waals surface area contributed by atoms with Crippen molar-refractivity contribution in [2.24, 2.45) is 11.7 Å². The highest BCUT2D eigenvalue weighted by Gasteiger charge is 2.23. The Bertz CT molecular complexity index is 359. The zero-order chi connectivity index (χ0) is 11.5. The van der Waals surface area contributed by atoms with E-state index in [1.54, 1.807) is 6.07 Å². The lowest BCUT2D eigenvalue weighted by Crippen LogP contribution is -2.34. The predicted octanol–water partition coefficient (Wildman–Crippen LogP) is 2.13. The van der Waals surface area contributed by atoms with Crippen molar-refractivity contribution in [1.29, 1.82) is 0 Å². The van der Waals surface area contributed by atoms with Gasteiger partial charge in [0.1, 0.15) is 5.82 Å². The molecule has 1 aromatic rings. The summed E-state index contributed by atoms with van der Waals surface area (Å²) in [6, 6.07) is 5.16. The third-order valence-corrected chi connectivity index (χ3v) is 3.56. The third-order valence-electron chi connectivity index (χ3n) is 3.56. The Kier molecular flexibility index (Phi) is 3.56. The molecule has 0 saturated carbocycles. The number of hydrogen-bond acceptors (Lipinski definition) is 2. The van der Waals surface area contributed by atoms with E-state index in [0.717, 1.165) is 31.5 Å². The van der Waals surface area contributed by atoms with Crippen LogP contribution in [0, 0.1) is 18.7 Å². The van der Waals surface area contributed by atoms with Gasteiger partial charge in [-0.05, 0) is 56.0 Å². The molecule has 1 aromatic carbocycles. The second-order valence-corrected chi connectivity index (χ2v) is 4.57. The van der Waals surface area contributed by atoms with Crippen LogP contribution in [0.5, 0.6) is 0 Å². The Balaban J connectivity index is 2.19. The number of benzene rings is 1. The molecule has 1 heterocycles. The zero-order valence-electron chi connectivity index (χ0n) is 9.67. The summed E-state index contributed by atoms with van der Waals surface area (Å²) in [5.41, 5.74) is 7.91. The number of nitrogens with one attached hydrogen (secondary N) is 1. The van der Waals surface area contributed by atoms with Crippen molar-refractivity contribution in [2.75, 3.05) is 13.1 Å². The van der Waals surface area contributed by atoms with E-state index in [9.17, 15) is 4.39 Å². The first-order valence-electron chi connectivity index (χ1n) is 5.91. The van der Waals surface area contributed by atoms with Gasteiger partial charge in [0, 0.05) is 6.04 Å². The Morgan fingerprint density at radius 3 is 2.75 bits per heavy atom. The average Bonchev–Trinajstić information content (AvgIpc) is 2.33. The van der Waals surface area contributed by atoms with Crippen LogP contribution in [0.3, 0.4) is 0 Å². The molecule has 88 valence electrons. The van der Waals surface area contributed by atoms with Gasteiger partial charge in [0.2, 0.25) is 0 Å². The quantitative estimate of drug-likeness (QED) is 0.804. The van der Waals surface area contributed by atoms with Crippen LogP contribution >= 0.6 is 0 Å². The highest BCUT2D eigenvalue weighted by atomic mass is 19.1. The van der Waals surface area contributed by atoms with Gasteiger partial charge in [0.15, 0.2) is 0 Å². The lowest BCUT2D eigenvalue weighted by molar-refractivity contribution is 0.321. The maximum Gasteiger partial charge on any atom is 0.126 e. The first kappa shape index (κ1) is 11.6. The van der Waals surface area contributed by atoms with E-state index in [0.29, 0.717) is 11.5 Å². The van der Waals surface area contributed by atoms with Gasteiger partial charge in [-0.2, -0.15) is 0 Å². The van der Waals surface area contributed by atoms with Gasteiger partial charge in [0.25, 0.3) is 0 Å². The van der Waals surface area contributed by atoms with E-state index in [1.807, 2.05) is 13.0 Å². The highest BCUT2D eigenvalue weighted by molar-refractivity contribution is 5.30. The molecule has 0 radical (unpaired) electrons. The summed E-state index contributed by atoms with van der Waals surface area (Å²) in [6.45, 7) is 3.85. The molecule has 0 spiro atoms. The molecule has 1 aliphatic heterocycles. The smallest absolute Gasteiger partial charge is 0.126 e. The van der Waals surface area contributed by atoms with Crippen molar-refractivity contribution in [3.8, 4) is 0 Å². The van der Waals surface area contributed by atoms with Gasteiger partial charge in [-0.1, -0.05) is 12.1 Å². The van der Waals surface area contributed by atoms with E-state index in [-0.39, 0.29) is 11.9 Å². The number of hydrogen-bond donors (Lipinski definition) is 2. The van der Waals surface area contributed by atoms with Crippen molar-refractivity contribution >= 4 is 0 Å². The van der Waals surface area contributed by atoms with Gasteiger partial charge in [-0.15, -0.1) is 0 Å². The Morgan fingerprint density at radius 2 is 2.06 bits per heavy atom. The van der Waals surface area contributed by atoms with Crippen LogP contribution in [-0.2, 0) is 0 Å². The van der Waals surface area contributed by atoms with Gasteiger partial charge >= 0.3 is 0 Å². The minimum Gasteiger partial charge on any atom is -0.324 e. The number of halogens is 1. The number of piperidine rings is 1. The van der Waals surface area contributed by atoms with Crippen molar-refractivity contribution < 1.29 is 4.39 Å². The van der Waals surface area contributed by atoms with Crippen LogP contribution in [0.2, 0.25) is 0 Å². The Hall–Kier alpha value is -0.930. The minimum atomic E-state index is -0.151. The molecule has 1 fully saturated rings. The lowest BCUT2D eigenvalue weighted by atomic mass is 9.85. The second kappa shape index (κ2) is 4.93. The standard InChI is InChI=1S/C13H19FN2/c1-9-11(3-2-4-12(9)14)13(15)10-5-7-16-8-6-10/h2-4,10,13,16H,5-8,15H2,1H3/t13-/m1/s1. The highest BCUT2D eigenvalue weighted by Crippen LogP contribution is 2.29. The fourth-order valence-electron chi connectivity index (χ4n) is 2.44. The Labute approximate surface area is 96.0 Å². The second-order valence-electron chi connectivity index (χ2n) is 4.57. The van der Waals surface area contributed by atoms with Gasteiger partial charge in [-0.3, -0.25) is 0 Å². The fraction of sp³-hybridized carbons (Fsp3) is 0.538. The summed E-state index contributed by atoms with van der Waals surface area (Å²) in [5.74, 6) is 0.323. The summed E-state index contributed by atoms with van der Waals surface area (Å²) in [5, 5.41) is 3.32. The van der Waals surface area contributed by atoms with Crippen molar-refractivity contribution in [3.05, 3.63) is 35.1 Å². The summed E-state index contributed by atoms with van der Waals surface area (Å²) < 4.78 is 13.4. The molecule has 2 nitrogen and oxygen atoms in total. The molecule has 0 amide bonds. The van der Waals surface area contributed by atoms with Gasteiger partial charge < -0.3 is 11.1 Å². The normalized spacial score (nSPS) is 19.7. The van der Waals surface area contributed by atoms with Crippen LogP contribution in [-0.4, -0.2) is 13.1 Å². The van der Waals surface area contributed by atoms with Crippen LogP contribution in [0.25, 0.3) is 0 Å². The van der Waals surface area contributed by atoms with Crippen molar-refractivity contribution in [3.63, 3.8) is 0 Å². The van der Waals surface area contributed by atoms with Crippen LogP contribution in [0.4, 0.5) is 4.39 Å². The maximum atomic E-state index is 13.4. The number of rotatable bonds is 2. The molecule has 0 aliphatic carbocycles. The lowest BCUT2D eigenvalue weighted by Gasteiger charge is -2.29. The SMILES string of the molecule is Cc1c(F)cccc1[C@H](N)C1CCNCC1. The third kappa shape index (κ3) is 2.25. The van der Waals surface area contributed by atoms with E-state index in [1.165, 1.54) is 6.07 Å². The molecule has 3 N–H and O–H groups in total. The first-order chi connectivity index (χ1) is 7.70. The van der Waals surface area contributed by atoms with Crippen LogP contribution < -0.4 is 11.1 Å². The fourth-order valence-corrected chi connectivity index (χ4v) is 2.44. The van der Waals surface area contributed by atoms with Crippen LogP contribution in [0.1, 0.15) is 30.0 Å². The van der Waals surface area contributed by atoms with Crippen molar-refractivity contribution in [1.82, 2.24) is 5.32 Å². The molecule has 0 unspecified atom stereocenters. The molecule has 0 aromatic heterocycles. The number of nitrogens with two attached hydrogens (primary N) is 1. The average molecular weight is 222 g/mol. The van der Waals surface area contributed by atoms with Crippen molar-refractivity contribution in [2.45, 2.75) is 25.8 Å². The topological polar surface area (TPSA) is 38.0 Å². The van der Waals surface area contributed by atoms with Gasteiger partial charge in [0.05, 0.1) is 0 Å². The van der Waals surface area contributed by atoms with E-state index < -0.39 is 0 Å². The molecular weight excluding hydrogens is 203 g/mol. The molecule has 2 rings (SSSR count). The monoisotopic (exact) mass is 222 g/mol. The maximum absolute atomic E-state index is 13.4. The summed E-state index contributed by atoms with van der Waals surface area (Å²) >= 11 is 0. The molecular formula is C13H19FN2. The summed E-state index contributed by atoms with van der Waals surface area (Å²) in [4.78, 5) is 0. The molecule has 3 heteroatoms. The Morgan fingerprint density at radius 1 is 1.38 bits per heavy atom. The largest absolute Gasteiger partial charge is 0.324 e. The molecule has 1 atom stereocenters. The molecule has 1 saturated heterocycles. The van der Waals surface area contributed by atoms with Gasteiger partial charge in [-0.25, -0.2) is 4.39 Å². The van der Waals surface area contributed by atoms with E-state index in [4.69, 9.17) is 5.73 Å². The minimum absolute atomic E-state index is 0.0298. The van der Waals surface area contributed by atoms with Crippen LogP contribution in [0.15, 0.2) is 18.2 Å². The predicted molar refractivity (Wildman–Crippen MR) is 63.7 cm³/mol.